The van der Waals surface area contributed by atoms with Crippen molar-refractivity contribution in [2.45, 2.75) is 25.7 Å². The highest BCUT2D eigenvalue weighted by Crippen LogP contribution is 2.29. The molecule has 2 rings (SSSR count). The van der Waals surface area contributed by atoms with E-state index in [1.54, 1.807) is 0 Å². The fraction of sp³-hybridized carbons (Fsp3) is 0.467. The van der Waals surface area contributed by atoms with Crippen LogP contribution in [0.15, 0.2) is 18.2 Å². The van der Waals surface area contributed by atoms with Gasteiger partial charge in [0.1, 0.15) is 5.82 Å². The van der Waals surface area contributed by atoms with Crippen LogP contribution in [0.2, 0.25) is 0 Å². The van der Waals surface area contributed by atoms with Gasteiger partial charge in [0.2, 0.25) is 0 Å². The minimum atomic E-state index is -0.826. The SMILES string of the molecule is Nc1ccc(C(=O)NCC2CCCCC2C(=O)O)c(F)c1. The molecule has 1 fully saturated rings. The lowest BCUT2D eigenvalue weighted by molar-refractivity contribution is -0.144. The summed E-state index contributed by atoms with van der Waals surface area (Å²) in [4.78, 5) is 23.1. The summed E-state index contributed by atoms with van der Waals surface area (Å²) in [7, 11) is 0. The van der Waals surface area contributed by atoms with Crippen LogP contribution < -0.4 is 11.1 Å². The first-order valence-electron chi connectivity index (χ1n) is 7.05. The third kappa shape index (κ3) is 3.71. The summed E-state index contributed by atoms with van der Waals surface area (Å²) >= 11 is 0. The van der Waals surface area contributed by atoms with Gasteiger partial charge in [-0.3, -0.25) is 9.59 Å². The molecule has 1 aromatic carbocycles. The highest BCUT2D eigenvalue weighted by Gasteiger charge is 2.31. The molecule has 1 saturated carbocycles. The molecule has 0 saturated heterocycles. The van der Waals surface area contributed by atoms with Crippen molar-refractivity contribution in [1.29, 1.82) is 0 Å². The van der Waals surface area contributed by atoms with Gasteiger partial charge >= 0.3 is 5.97 Å². The second-order valence-corrected chi connectivity index (χ2v) is 5.44. The predicted molar refractivity (Wildman–Crippen MR) is 76.2 cm³/mol. The van der Waals surface area contributed by atoms with E-state index in [0.717, 1.165) is 25.3 Å². The number of hydrogen-bond acceptors (Lipinski definition) is 3. The van der Waals surface area contributed by atoms with Crippen LogP contribution >= 0.6 is 0 Å². The van der Waals surface area contributed by atoms with E-state index in [-0.39, 0.29) is 23.7 Å². The molecule has 0 radical (unpaired) electrons. The zero-order valence-electron chi connectivity index (χ0n) is 11.6. The minimum Gasteiger partial charge on any atom is -0.481 e. The fourth-order valence-corrected chi connectivity index (χ4v) is 2.81. The molecule has 0 aliphatic heterocycles. The Balaban J connectivity index is 1.98. The summed E-state index contributed by atoms with van der Waals surface area (Å²) < 4.78 is 13.6. The zero-order chi connectivity index (χ0) is 15.4. The van der Waals surface area contributed by atoms with Gasteiger partial charge in [0.05, 0.1) is 11.5 Å². The maximum Gasteiger partial charge on any atom is 0.306 e. The largest absolute Gasteiger partial charge is 0.481 e. The van der Waals surface area contributed by atoms with Crippen molar-refractivity contribution in [2.24, 2.45) is 11.8 Å². The second kappa shape index (κ2) is 6.56. The number of halogens is 1. The van der Waals surface area contributed by atoms with E-state index < -0.39 is 23.6 Å². The summed E-state index contributed by atoms with van der Waals surface area (Å²) in [5, 5.41) is 11.8. The molecule has 1 aliphatic rings. The highest BCUT2D eigenvalue weighted by atomic mass is 19.1. The van der Waals surface area contributed by atoms with E-state index in [2.05, 4.69) is 5.32 Å². The van der Waals surface area contributed by atoms with Gasteiger partial charge in [-0.2, -0.15) is 0 Å². The van der Waals surface area contributed by atoms with Gasteiger partial charge in [-0.25, -0.2) is 4.39 Å². The normalized spacial score (nSPS) is 21.8. The van der Waals surface area contributed by atoms with E-state index in [4.69, 9.17) is 5.73 Å². The number of carboxylic acids is 1. The van der Waals surface area contributed by atoms with Gasteiger partial charge in [0, 0.05) is 12.2 Å². The van der Waals surface area contributed by atoms with Gasteiger partial charge < -0.3 is 16.2 Å². The summed E-state index contributed by atoms with van der Waals surface area (Å²) in [5.74, 6) is -2.58. The van der Waals surface area contributed by atoms with Crippen LogP contribution in [0, 0.1) is 17.7 Å². The molecule has 5 nitrogen and oxygen atoms in total. The number of carbonyl (C=O) groups is 2. The Hall–Kier alpha value is -2.11. The number of hydrogen-bond donors (Lipinski definition) is 3. The molecule has 2 atom stereocenters. The Kier molecular flexibility index (Phi) is 4.77. The van der Waals surface area contributed by atoms with E-state index >= 15 is 0 Å². The smallest absolute Gasteiger partial charge is 0.306 e. The predicted octanol–water partition coefficient (Wildman–Crippen LogP) is 2.03. The molecule has 0 spiro atoms. The lowest BCUT2D eigenvalue weighted by Gasteiger charge is -2.28. The Morgan fingerprint density at radius 1 is 1.33 bits per heavy atom. The van der Waals surface area contributed by atoms with E-state index in [1.807, 2.05) is 0 Å². The summed E-state index contributed by atoms with van der Waals surface area (Å²) in [5.41, 5.74) is 5.61. The van der Waals surface area contributed by atoms with Crippen LogP contribution in [-0.2, 0) is 4.79 Å². The molecule has 6 heteroatoms. The molecule has 0 bridgehead atoms. The molecule has 1 amide bonds. The maximum atomic E-state index is 13.6. The monoisotopic (exact) mass is 294 g/mol. The molecule has 1 aromatic rings. The Morgan fingerprint density at radius 3 is 2.71 bits per heavy atom. The maximum absolute atomic E-state index is 13.6. The number of nitrogens with two attached hydrogens (primary N) is 1. The third-order valence-corrected chi connectivity index (χ3v) is 3.99. The van der Waals surface area contributed by atoms with Crippen LogP contribution in [-0.4, -0.2) is 23.5 Å². The van der Waals surface area contributed by atoms with Gasteiger partial charge in [0.25, 0.3) is 5.91 Å². The molecule has 4 N–H and O–H groups in total. The van der Waals surface area contributed by atoms with Gasteiger partial charge in [0.15, 0.2) is 0 Å². The van der Waals surface area contributed by atoms with Crippen molar-refractivity contribution in [3.8, 4) is 0 Å². The van der Waals surface area contributed by atoms with Crippen molar-refractivity contribution < 1.29 is 19.1 Å². The number of rotatable bonds is 4. The van der Waals surface area contributed by atoms with E-state index in [9.17, 15) is 19.1 Å². The Labute approximate surface area is 122 Å². The average Bonchev–Trinajstić information content (AvgIpc) is 2.45. The van der Waals surface area contributed by atoms with Crippen molar-refractivity contribution in [1.82, 2.24) is 5.32 Å². The molecular formula is C15H19FN2O3. The third-order valence-electron chi connectivity index (χ3n) is 3.99. The second-order valence-electron chi connectivity index (χ2n) is 5.44. The summed E-state index contributed by atoms with van der Waals surface area (Å²) in [6, 6.07) is 3.88. The molecule has 0 aromatic heterocycles. The van der Waals surface area contributed by atoms with Crippen LogP contribution in [0.4, 0.5) is 10.1 Å². The number of aliphatic carboxylic acids is 1. The summed E-state index contributed by atoms with van der Waals surface area (Å²) in [6.45, 7) is 0.250. The van der Waals surface area contributed by atoms with Crippen molar-refractivity contribution in [3.05, 3.63) is 29.6 Å². The van der Waals surface area contributed by atoms with Crippen molar-refractivity contribution in [3.63, 3.8) is 0 Å². The van der Waals surface area contributed by atoms with Gasteiger partial charge in [-0.1, -0.05) is 12.8 Å². The number of amides is 1. The molecule has 0 heterocycles. The van der Waals surface area contributed by atoms with Gasteiger partial charge in [-0.15, -0.1) is 0 Å². The van der Waals surface area contributed by atoms with Crippen LogP contribution in [0.3, 0.4) is 0 Å². The molecule has 2 unspecified atom stereocenters. The lowest BCUT2D eigenvalue weighted by atomic mass is 9.79. The molecule has 1 aliphatic carbocycles. The molecular weight excluding hydrogens is 275 g/mol. The van der Waals surface area contributed by atoms with E-state index in [0.29, 0.717) is 6.42 Å². The van der Waals surface area contributed by atoms with Crippen LogP contribution in [0.1, 0.15) is 36.0 Å². The number of nitrogen functional groups attached to an aromatic ring is 1. The highest BCUT2D eigenvalue weighted by molar-refractivity contribution is 5.94. The Morgan fingerprint density at radius 2 is 2.05 bits per heavy atom. The first-order chi connectivity index (χ1) is 9.99. The molecule has 114 valence electrons. The number of carbonyl (C=O) groups excluding carboxylic acids is 1. The lowest BCUT2D eigenvalue weighted by Crippen LogP contribution is -2.37. The number of nitrogens with one attached hydrogen (secondary N) is 1. The van der Waals surface area contributed by atoms with E-state index in [1.165, 1.54) is 12.1 Å². The topological polar surface area (TPSA) is 92.4 Å². The average molecular weight is 294 g/mol. The zero-order valence-corrected chi connectivity index (χ0v) is 11.6. The standard InChI is InChI=1S/C15H19FN2O3/c16-13-7-10(17)5-6-12(13)14(19)18-8-9-3-1-2-4-11(9)15(20)21/h5-7,9,11H,1-4,8,17H2,(H,18,19)(H,20,21). The fourth-order valence-electron chi connectivity index (χ4n) is 2.81. The summed E-state index contributed by atoms with van der Waals surface area (Å²) in [6.07, 6.45) is 3.25. The first-order valence-corrected chi connectivity index (χ1v) is 7.05. The quantitative estimate of drug-likeness (QED) is 0.741. The number of anilines is 1. The Bertz CT molecular complexity index is 548. The number of carboxylic acid groups (broad SMARTS) is 1. The number of benzene rings is 1. The van der Waals surface area contributed by atoms with Gasteiger partial charge in [-0.05, 0) is 37.0 Å². The first kappa shape index (κ1) is 15.3. The van der Waals surface area contributed by atoms with Crippen LogP contribution in [0.25, 0.3) is 0 Å². The van der Waals surface area contributed by atoms with Crippen LogP contribution in [0.5, 0.6) is 0 Å². The molecule has 21 heavy (non-hydrogen) atoms. The minimum absolute atomic E-state index is 0.0770. The van der Waals surface area contributed by atoms with Crippen molar-refractivity contribution >= 4 is 17.6 Å². The van der Waals surface area contributed by atoms with Crippen molar-refractivity contribution in [2.75, 3.05) is 12.3 Å².